The Bertz CT molecular complexity index is 605. The molecule has 2 aliphatic rings. The summed E-state index contributed by atoms with van der Waals surface area (Å²) < 4.78 is 10.6. The first-order valence-corrected chi connectivity index (χ1v) is 9.94. The monoisotopic (exact) mass is 360 g/mol. The van der Waals surface area contributed by atoms with Crippen LogP contribution in [-0.4, -0.2) is 50.2 Å². The summed E-state index contributed by atoms with van der Waals surface area (Å²) in [5, 5.41) is 3.22. The molecule has 3 rings (SSSR count). The lowest BCUT2D eigenvalue weighted by atomic mass is 9.79. The van der Waals surface area contributed by atoms with Crippen molar-refractivity contribution in [3.8, 4) is 11.5 Å². The van der Waals surface area contributed by atoms with Crippen LogP contribution >= 0.6 is 0 Å². The fraction of sp³-hybridized carbons (Fsp3) is 0.667. The zero-order valence-corrected chi connectivity index (χ0v) is 16.2. The topological polar surface area (TPSA) is 50.8 Å². The van der Waals surface area contributed by atoms with E-state index in [1.165, 1.54) is 64.5 Å². The molecule has 5 heteroatoms. The maximum atomic E-state index is 12.9. The average Bonchev–Trinajstić information content (AvgIpc) is 2.72. The second-order valence-electron chi connectivity index (χ2n) is 7.58. The Hall–Kier alpha value is -1.75. The van der Waals surface area contributed by atoms with Crippen LogP contribution in [0.5, 0.6) is 11.5 Å². The van der Waals surface area contributed by atoms with E-state index in [9.17, 15) is 4.79 Å². The Morgan fingerprint density at radius 3 is 2.38 bits per heavy atom. The van der Waals surface area contributed by atoms with E-state index >= 15 is 0 Å². The zero-order chi connectivity index (χ0) is 18.4. The van der Waals surface area contributed by atoms with Crippen molar-refractivity contribution in [2.75, 3.05) is 33.9 Å². The summed E-state index contributed by atoms with van der Waals surface area (Å²) >= 11 is 0. The number of hydrogen-bond donors (Lipinski definition) is 1. The van der Waals surface area contributed by atoms with Gasteiger partial charge in [0, 0.05) is 12.1 Å². The Labute approximate surface area is 157 Å². The maximum Gasteiger partial charge on any atom is 0.255 e. The number of nitrogens with zero attached hydrogens (tertiary/aromatic N) is 1. The van der Waals surface area contributed by atoms with Crippen LogP contribution in [0.3, 0.4) is 0 Å². The summed E-state index contributed by atoms with van der Waals surface area (Å²) in [6.07, 6.45) is 10.1. The third-order valence-electron chi connectivity index (χ3n) is 6.04. The van der Waals surface area contributed by atoms with E-state index in [1.54, 1.807) is 26.4 Å². The van der Waals surface area contributed by atoms with Crippen molar-refractivity contribution >= 4 is 5.91 Å². The molecule has 1 aliphatic carbocycles. The summed E-state index contributed by atoms with van der Waals surface area (Å²) in [6, 6.07) is 5.35. The molecule has 144 valence electrons. The van der Waals surface area contributed by atoms with Crippen LogP contribution in [-0.2, 0) is 0 Å². The number of carbonyl (C=O) groups is 1. The Kier molecular flexibility index (Phi) is 6.41. The van der Waals surface area contributed by atoms with Crippen LogP contribution in [0.1, 0.15) is 61.7 Å². The first-order valence-electron chi connectivity index (χ1n) is 9.94. The van der Waals surface area contributed by atoms with Crippen LogP contribution in [0.25, 0.3) is 0 Å². The van der Waals surface area contributed by atoms with Crippen molar-refractivity contribution in [2.45, 2.75) is 56.9 Å². The number of carbonyl (C=O) groups excluding carboxylic acids is 1. The lowest BCUT2D eigenvalue weighted by molar-refractivity contribution is 0.0326. The molecule has 5 nitrogen and oxygen atoms in total. The highest BCUT2D eigenvalue weighted by Crippen LogP contribution is 2.35. The van der Waals surface area contributed by atoms with Gasteiger partial charge in [-0.3, -0.25) is 9.69 Å². The first kappa shape index (κ1) is 19.0. The van der Waals surface area contributed by atoms with Gasteiger partial charge >= 0.3 is 0 Å². The van der Waals surface area contributed by atoms with Crippen molar-refractivity contribution in [1.82, 2.24) is 10.2 Å². The van der Waals surface area contributed by atoms with Crippen LogP contribution in [0, 0.1) is 0 Å². The van der Waals surface area contributed by atoms with E-state index in [4.69, 9.17) is 9.47 Å². The van der Waals surface area contributed by atoms with E-state index < -0.39 is 0 Å². The number of ether oxygens (including phenoxy) is 2. The van der Waals surface area contributed by atoms with Crippen molar-refractivity contribution in [3.63, 3.8) is 0 Å². The first-order chi connectivity index (χ1) is 12.7. The van der Waals surface area contributed by atoms with Gasteiger partial charge in [-0.15, -0.1) is 0 Å². The van der Waals surface area contributed by atoms with Crippen molar-refractivity contribution < 1.29 is 14.3 Å². The van der Waals surface area contributed by atoms with Crippen LogP contribution in [0.2, 0.25) is 0 Å². The molecular formula is C21H32N2O3. The highest BCUT2D eigenvalue weighted by atomic mass is 16.5. The standard InChI is InChI=1S/C21H32N2O3/c1-25-17-9-10-19(26-2)18(15-17)20(24)22-16-21(11-5-3-6-12-21)23-13-7-4-8-14-23/h9-10,15H,3-8,11-14,16H2,1-2H3,(H,22,24). The summed E-state index contributed by atoms with van der Waals surface area (Å²) in [5.74, 6) is 1.17. The minimum absolute atomic E-state index is 0.0808. The van der Waals surface area contributed by atoms with E-state index in [2.05, 4.69) is 10.2 Å². The lowest BCUT2D eigenvalue weighted by Gasteiger charge is -2.48. The molecule has 0 unspecified atom stereocenters. The molecule has 1 amide bonds. The minimum atomic E-state index is -0.0808. The summed E-state index contributed by atoms with van der Waals surface area (Å²) in [7, 11) is 3.20. The molecule has 0 bridgehead atoms. The van der Waals surface area contributed by atoms with Crippen LogP contribution < -0.4 is 14.8 Å². The lowest BCUT2D eigenvalue weighted by Crippen LogP contribution is -2.58. The fourth-order valence-corrected chi connectivity index (χ4v) is 4.51. The second-order valence-corrected chi connectivity index (χ2v) is 7.58. The molecule has 0 atom stereocenters. The normalized spacial score (nSPS) is 20.4. The zero-order valence-electron chi connectivity index (χ0n) is 16.2. The smallest absolute Gasteiger partial charge is 0.255 e. The van der Waals surface area contributed by atoms with E-state index in [1.807, 2.05) is 6.07 Å². The number of hydrogen-bond acceptors (Lipinski definition) is 4. The second kappa shape index (κ2) is 8.76. The van der Waals surface area contributed by atoms with Crippen LogP contribution in [0.4, 0.5) is 0 Å². The number of likely N-dealkylation sites (tertiary alicyclic amines) is 1. The average molecular weight is 360 g/mol. The molecule has 1 aromatic carbocycles. The van der Waals surface area contributed by atoms with Gasteiger partial charge < -0.3 is 14.8 Å². The molecule has 1 heterocycles. The SMILES string of the molecule is COc1ccc(OC)c(C(=O)NCC2(N3CCCCC3)CCCCC2)c1. The molecule has 1 N–H and O–H groups in total. The highest BCUT2D eigenvalue weighted by Gasteiger charge is 2.38. The molecular weight excluding hydrogens is 328 g/mol. The third kappa shape index (κ3) is 4.14. The number of piperidine rings is 1. The predicted octanol–water partition coefficient (Wildman–Crippen LogP) is 3.62. The molecule has 0 aromatic heterocycles. The van der Waals surface area contributed by atoms with Gasteiger partial charge in [-0.25, -0.2) is 0 Å². The van der Waals surface area contributed by atoms with Gasteiger partial charge in [0.1, 0.15) is 11.5 Å². The van der Waals surface area contributed by atoms with Gasteiger partial charge in [0.2, 0.25) is 0 Å². The molecule has 2 fully saturated rings. The Morgan fingerprint density at radius 2 is 1.73 bits per heavy atom. The van der Waals surface area contributed by atoms with Gasteiger partial charge in [-0.1, -0.05) is 25.7 Å². The molecule has 0 spiro atoms. The predicted molar refractivity (Wildman–Crippen MR) is 103 cm³/mol. The summed E-state index contributed by atoms with van der Waals surface area (Å²) in [5.41, 5.74) is 0.664. The van der Waals surface area contributed by atoms with E-state index in [0.717, 1.165) is 0 Å². The van der Waals surface area contributed by atoms with Gasteiger partial charge in [0.05, 0.1) is 19.8 Å². The maximum absolute atomic E-state index is 12.9. The highest BCUT2D eigenvalue weighted by molar-refractivity contribution is 5.97. The molecule has 1 aliphatic heterocycles. The van der Waals surface area contributed by atoms with Crippen molar-refractivity contribution in [2.24, 2.45) is 0 Å². The molecule has 1 aromatic rings. The number of amides is 1. The van der Waals surface area contributed by atoms with E-state index in [-0.39, 0.29) is 11.4 Å². The largest absolute Gasteiger partial charge is 0.497 e. The third-order valence-corrected chi connectivity index (χ3v) is 6.04. The number of benzene rings is 1. The fourth-order valence-electron chi connectivity index (χ4n) is 4.51. The quantitative estimate of drug-likeness (QED) is 0.842. The van der Waals surface area contributed by atoms with Gasteiger partial charge in [0.25, 0.3) is 5.91 Å². The van der Waals surface area contributed by atoms with Crippen molar-refractivity contribution in [3.05, 3.63) is 23.8 Å². The Morgan fingerprint density at radius 1 is 1.04 bits per heavy atom. The molecule has 1 saturated carbocycles. The Balaban J connectivity index is 1.73. The summed E-state index contributed by atoms with van der Waals surface area (Å²) in [4.78, 5) is 15.5. The molecule has 0 radical (unpaired) electrons. The van der Waals surface area contributed by atoms with Gasteiger partial charge in [-0.2, -0.15) is 0 Å². The van der Waals surface area contributed by atoms with E-state index in [0.29, 0.717) is 23.6 Å². The van der Waals surface area contributed by atoms with Crippen LogP contribution in [0.15, 0.2) is 18.2 Å². The number of rotatable bonds is 6. The minimum Gasteiger partial charge on any atom is -0.497 e. The van der Waals surface area contributed by atoms with Gasteiger partial charge in [0.15, 0.2) is 0 Å². The number of methoxy groups -OCH3 is 2. The molecule has 1 saturated heterocycles. The van der Waals surface area contributed by atoms with Gasteiger partial charge in [-0.05, 0) is 57.0 Å². The summed E-state index contributed by atoms with van der Waals surface area (Å²) in [6.45, 7) is 3.04. The van der Waals surface area contributed by atoms with Crippen molar-refractivity contribution in [1.29, 1.82) is 0 Å². The molecule has 26 heavy (non-hydrogen) atoms. The number of nitrogens with one attached hydrogen (secondary N) is 1.